The largest absolute Gasteiger partial charge is 0.466 e. The lowest BCUT2D eigenvalue weighted by molar-refractivity contribution is 0.275. The number of rotatable bonds is 2. The zero-order valence-electron chi connectivity index (χ0n) is 9.03. The molecule has 0 heterocycles. The molecule has 0 amide bonds. The van der Waals surface area contributed by atoms with E-state index in [2.05, 4.69) is 27.7 Å². The van der Waals surface area contributed by atoms with Crippen LogP contribution in [0.4, 0.5) is 0 Å². The lowest BCUT2D eigenvalue weighted by Gasteiger charge is -1.82. The van der Waals surface area contributed by atoms with Crippen LogP contribution >= 0.6 is 7.82 Å². The Morgan fingerprint density at radius 3 is 0.846 bits per heavy atom. The molecule has 0 aliphatic rings. The fourth-order valence-corrected chi connectivity index (χ4v) is 0. The highest BCUT2D eigenvalue weighted by Gasteiger charge is 2.00. The molecule has 13 heavy (non-hydrogen) atoms. The standard InChI is InChI=1S/2C4H10.H3O4P/c2*1-3-4-2;1-5(2,3)4/h2*3-4H2,1-2H3;(H3,1,2,3,4). The van der Waals surface area contributed by atoms with Gasteiger partial charge in [0.05, 0.1) is 0 Å². The maximum Gasteiger partial charge on any atom is 0.466 e. The van der Waals surface area contributed by atoms with Gasteiger partial charge in [0, 0.05) is 0 Å². The molecular formula is C8H23O4P. The summed E-state index contributed by atoms with van der Waals surface area (Å²) in [5.74, 6) is 0. The van der Waals surface area contributed by atoms with Crippen molar-refractivity contribution in [3.8, 4) is 0 Å². The highest BCUT2D eigenvalue weighted by atomic mass is 31.2. The van der Waals surface area contributed by atoms with E-state index in [0.717, 1.165) is 0 Å². The third-order valence-corrected chi connectivity index (χ3v) is 1.000. The van der Waals surface area contributed by atoms with E-state index in [1.807, 2.05) is 0 Å². The zero-order chi connectivity index (χ0) is 11.3. The smallest absolute Gasteiger partial charge is 0.303 e. The van der Waals surface area contributed by atoms with Gasteiger partial charge in [0.15, 0.2) is 0 Å². The van der Waals surface area contributed by atoms with Crippen LogP contribution in [0.2, 0.25) is 0 Å². The maximum absolute atomic E-state index is 8.88. The van der Waals surface area contributed by atoms with Gasteiger partial charge in [0.1, 0.15) is 0 Å². The maximum atomic E-state index is 8.88. The fraction of sp³-hybridized carbons (Fsp3) is 1.00. The molecule has 0 aromatic heterocycles. The molecule has 0 rings (SSSR count). The first-order chi connectivity index (χ1) is 5.83. The average molecular weight is 214 g/mol. The summed E-state index contributed by atoms with van der Waals surface area (Å²) in [5, 5.41) is 0. The molecule has 0 aromatic rings. The normalized spacial score (nSPS) is 9.15. The summed E-state index contributed by atoms with van der Waals surface area (Å²) in [6.45, 7) is 8.72. The van der Waals surface area contributed by atoms with Crippen LogP contribution in [0.25, 0.3) is 0 Å². The van der Waals surface area contributed by atoms with E-state index in [9.17, 15) is 0 Å². The molecule has 5 heteroatoms. The Hall–Kier alpha value is 0.110. The summed E-state index contributed by atoms with van der Waals surface area (Å²) < 4.78 is 8.88. The van der Waals surface area contributed by atoms with Gasteiger partial charge in [-0.05, 0) is 0 Å². The van der Waals surface area contributed by atoms with Crippen molar-refractivity contribution < 1.29 is 19.2 Å². The van der Waals surface area contributed by atoms with Gasteiger partial charge in [-0.2, -0.15) is 0 Å². The van der Waals surface area contributed by atoms with Gasteiger partial charge in [-0.25, -0.2) is 4.57 Å². The molecule has 0 saturated heterocycles. The Bertz CT molecular complexity index is 94.4. The quantitative estimate of drug-likeness (QED) is 0.617. The summed E-state index contributed by atoms with van der Waals surface area (Å²) in [7, 11) is -4.64. The predicted molar refractivity (Wildman–Crippen MR) is 55.4 cm³/mol. The van der Waals surface area contributed by atoms with E-state index in [-0.39, 0.29) is 0 Å². The Balaban J connectivity index is -0.000000117. The first-order valence-corrected chi connectivity index (χ1v) is 6.18. The van der Waals surface area contributed by atoms with Crippen LogP contribution in [0.15, 0.2) is 0 Å². The van der Waals surface area contributed by atoms with E-state index < -0.39 is 7.82 Å². The van der Waals surface area contributed by atoms with Gasteiger partial charge in [-0.15, -0.1) is 0 Å². The van der Waals surface area contributed by atoms with E-state index in [1.165, 1.54) is 25.7 Å². The van der Waals surface area contributed by atoms with Crippen LogP contribution in [0, 0.1) is 0 Å². The van der Waals surface area contributed by atoms with Gasteiger partial charge >= 0.3 is 7.82 Å². The molecule has 0 fully saturated rings. The number of hydrogen-bond acceptors (Lipinski definition) is 1. The zero-order valence-corrected chi connectivity index (χ0v) is 9.92. The Morgan fingerprint density at radius 2 is 0.846 bits per heavy atom. The molecule has 0 spiro atoms. The van der Waals surface area contributed by atoms with Crippen molar-refractivity contribution in [2.45, 2.75) is 53.4 Å². The first-order valence-electron chi connectivity index (χ1n) is 4.61. The van der Waals surface area contributed by atoms with E-state index >= 15 is 0 Å². The molecule has 3 N–H and O–H groups in total. The van der Waals surface area contributed by atoms with Gasteiger partial charge in [0.2, 0.25) is 0 Å². The van der Waals surface area contributed by atoms with Crippen LogP contribution in [0.3, 0.4) is 0 Å². The third kappa shape index (κ3) is 278. The van der Waals surface area contributed by atoms with Crippen molar-refractivity contribution in [2.75, 3.05) is 0 Å². The van der Waals surface area contributed by atoms with Crippen molar-refractivity contribution in [2.24, 2.45) is 0 Å². The topological polar surface area (TPSA) is 77.8 Å². The van der Waals surface area contributed by atoms with E-state index in [0.29, 0.717) is 0 Å². The monoisotopic (exact) mass is 214 g/mol. The number of unbranched alkanes of at least 4 members (excludes halogenated alkanes) is 2. The van der Waals surface area contributed by atoms with Crippen molar-refractivity contribution in [1.82, 2.24) is 0 Å². The lowest BCUT2D eigenvalue weighted by Crippen LogP contribution is -1.66. The molecule has 0 aliphatic heterocycles. The molecule has 0 aromatic carbocycles. The van der Waals surface area contributed by atoms with E-state index in [1.54, 1.807) is 0 Å². The minimum Gasteiger partial charge on any atom is -0.303 e. The number of hydrogen-bond donors (Lipinski definition) is 3. The van der Waals surface area contributed by atoms with Crippen LogP contribution in [0.5, 0.6) is 0 Å². The van der Waals surface area contributed by atoms with Gasteiger partial charge in [-0.3, -0.25) is 0 Å². The van der Waals surface area contributed by atoms with Crippen molar-refractivity contribution >= 4 is 7.82 Å². The highest BCUT2D eigenvalue weighted by Crippen LogP contribution is 2.25. The molecule has 0 unspecified atom stereocenters. The Kier molecular flexibility index (Phi) is 21.2. The van der Waals surface area contributed by atoms with Crippen LogP contribution in [-0.2, 0) is 4.57 Å². The molecule has 0 aliphatic carbocycles. The second-order valence-corrected chi connectivity index (χ2v) is 3.54. The molecular weight excluding hydrogens is 191 g/mol. The van der Waals surface area contributed by atoms with Crippen molar-refractivity contribution in [1.29, 1.82) is 0 Å². The summed E-state index contributed by atoms with van der Waals surface area (Å²) in [4.78, 5) is 21.6. The van der Waals surface area contributed by atoms with E-state index in [4.69, 9.17) is 19.2 Å². The van der Waals surface area contributed by atoms with Gasteiger partial charge in [0.25, 0.3) is 0 Å². The highest BCUT2D eigenvalue weighted by molar-refractivity contribution is 7.45. The minimum absolute atomic E-state index is 1.32. The molecule has 84 valence electrons. The third-order valence-electron chi connectivity index (χ3n) is 1.000. The summed E-state index contributed by atoms with van der Waals surface area (Å²) in [6.07, 6.45) is 5.28. The minimum atomic E-state index is -4.64. The number of phosphoric acid groups is 1. The second-order valence-electron chi connectivity index (χ2n) is 2.51. The molecule has 0 saturated carbocycles. The SMILES string of the molecule is CCCC.CCCC.O=P(O)(O)O. The summed E-state index contributed by atoms with van der Waals surface area (Å²) in [5.41, 5.74) is 0. The van der Waals surface area contributed by atoms with Crippen molar-refractivity contribution in [3.63, 3.8) is 0 Å². The summed E-state index contributed by atoms with van der Waals surface area (Å²) in [6, 6.07) is 0. The lowest BCUT2D eigenvalue weighted by atomic mass is 10.4. The van der Waals surface area contributed by atoms with Crippen LogP contribution in [0.1, 0.15) is 53.4 Å². The van der Waals surface area contributed by atoms with Crippen LogP contribution in [-0.4, -0.2) is 14.7 Å². The van der Waals surface area contributed by atoms with Crippen LogP contribution < -0.4 is 0 Å². The molecule has 0 radical (unpaired) electrons. The Labute approximate surface area is 81.2 Å². The van der Waals surface area contributed by atoms with Gasteiger partial charge in [-0.1, -0.05) is 53.4 Å². The van der Waals surface area contributed by atoms with Gasteiger partial charge < -0.3 is 14.7 Å². The molecule has 0 atom stereocenters. The summed E-state index contributed by atoms with van der Waals surface area (Å²) >= 11 is 0. The average Bonchev–Trinajstić information content (AvgIpc) is 2.01. The first kappa shape index (κ1) is 18.8. The Morgan fingerprint density at radius 1 is 0.769 bits per heavy atom. The molecule has 0 bridgehead atoms. The van der Waals surface area contributed by atoms with Crippen molar-refractivity contribution in [3.05, 3.63) is 0 Å². The second kappa shape index (κ2) is 14.6. The fourth-order valence-electron chi connectivity index (χ4n) is 0. The molecule has 4 nitrogen and oxygen atoms in total. The predicted octanol–water partition coefficient (Wildman–Crippen LogP) is 2.68.